The van der Waals surface area contributed by atoms with Gasteiger partial charge in [-0.1, -0.05) is 54.6 Å². The molecule has 4 heteroatoms. The van der Waals surface area contributed by atoms with Gasteiger partial charge in [0.15, 0.2) is 6.61 Å². The van der Waals surface area contributed by atoms with Gasteiger partial charge in [-0.05, 0) is 42.5 Å². The van der Waals surface area contributed by atoms with E-state index in [1.54, 1.807) is 0 Å². The van der Waals surface area contributed by atoms with Crippen LogP contribution in [0.5, 0.6) is 0 Å². The molecule has 2 aromatic carbocycles. The lowest BCUT2D eigenvalue weighted by molar-refractivity contribution is -0.153. The number of esters is 1. The highest BCUT2D eigenvalue weighted by Gasteiger charge is 2.21. The van der Waals surface area contributed by atoms with Gasteiger partial charge in [0.1, 0.15) is 0 Å². The summed E-state index contributed by atoms with van der Waals surface area (Å²) < 4.78 is 5.18. The van der Waals surface area contributed by atoms with Crippen LogP contribution in [0.15, 0.2) is 54.6 Å². The summed E-state index contributed by atoms with van der Waals surface area (Å²) in [5.41, 5.74) is 1.05. The topological polar surface area (TPSA) is 55.4 Å². The zero-order valence-electron chi connectivity index (χ0n) is 14.4. The Labute approximate surface area is 147 Å². The smallest absolute Gasteiger partial charge is 0.309 e. The maximum Gasteiger partial charge on any atom is 0.309 e. The molecule has 0 spiro atoms. The maximum absolute atomic E-state index is 12.1. The molecule has 130 valence electrons. The maximum atomic E-state index is 12.1. The molecule has 0 fully saturated rings. The van der Waals surface area contributed by atoms with Crippen LogP contribution in [0.25, 0.3) is 10.8 Å². The Bertz CT molecular complexity index is 791. The fourth-order valence-electron chi connectivity index (χ4n) is 3.25. The molecule has 0 bridgehead atoms. The predicted molar refractivity (Wildman–Crippen MR) is 97.9 cm³/mol. The molecule has 25 heavy (non-hydrogen) atoms. The molecule has 3 rings (SSSR count). The van der Waals surface area contributed by atoms with Gasteiger partial charge in [-0.25, -0.2) is 0 Å². The first-order valence-corrected chi connectivity index (χ1v) is 8.74. The van der Waals surface area contributed by atoms with Crippen molar-refractivity contribution in [3.8, 4) is 0 Å². The highest BCUT2D eigenvalue weighted by molar-refractivity contribution is 5.87. The lowest BCUT2D eigenvalue weighted by Crippen LogP contribution is -2.32. The molecule has 1 N–H and O–H groups in total. The van der Waals surface area contributed by atoms with Crippen LogP contribution in [-0.2, 0) is 14.3 Å². The number of rotatable bonds is 5. The number of carbonyl (C=O) groups excluding carboxylic acids is 2. The minimum Gasteiger partial charge on any atom is -0.455 e. The predicted octanol–water partition coefficient (Wildman–Crippen LogP) is 3.92. The number of hydrogen-bond acceptors (Lipinski definition) is 3. The minimum atomic E-state index is -0.280. The SMILES string of the molecule is C[C@@H](NC(=O)COC(=O)[C@@H]1CC=CCC1)c1cccc2ccccc12. The van der Waals surface area contributed by atoms with Crippen molar-refractivity contribution in [1.82, 2.24) is 5.32 Å². The summed E-state index contributed by atoms with van der Waals surface area (Å²) in [5, 5.41) is 5.17. The van der Waals surface area contributed by atoms with E-state index in [0.29, 0.717) is 6.42 Å². The van der Waals surface area contributed by atoms with E-state index in [4.69, 9.17) is 4.74 Å². The van der Waals surface area contributed by atoms with Crippen molar-refractivity contribution < 1.29 is 14.3 Å². The van der Waals surface area contributed by atoms with Crippen LogP contribution in [0.2, 0.25) is 0 Å². The van der Waals surface area contributed by atoms with Gasteiger partial charge in [-0.2, -0.15) is 0 Å². The third kappa shape index (κ3) is 4.27. The molecule has 2 atom stereocenters. The van der Waals surface area contributed by atoms with Crippen LogP contribution in [-0.4, -0.2) is 18.5 Å². The van der Waals surface area contributed by atoms with Crippen molar-refractivity contribution in [3.63, 3.8) is 0 Å². The van der Waals surface area contributed by atoms with Gasteiger partial charge >= 0.3 is 5.97 Å². The lowest BCUT2D eigenvalue weighted by atomic mass is 9.95. The largest absolute Gasteiger partial charge is 0.455 e. The number of allylic oxidation sites excluding steroid dienone is 2. The Morgan fingerprint density at radius 1 is 1.16 bits per heavy atom. The number of nitrogens with one attached hydrogen (secondary N) is 1. The summed E-state index contributed by atoms with van der Waals surface area (Å²) >= 11 is 0. The average molecular weight is 337 g/mol. The van der Waals surface area contributed by atoms with Crippen molar-refractivity contribution in [3.05, 3.63) is 60.2 Å². The zero-order chi connectivity index (χ0) is 17.6. The van der Waals surface area contributed by atoms with Gasteiger partial charge < -0.3 is 10.1 Å². The average Bonchev–Trinajstić information content (AvgIpc) is 2.66. The number of hydrogen-bond donors (Lipinski definition) is 1. The van der Waals surface area contributed by atoms with Crippen LogP contribution < -0.4 is 5.32 Å². The Hall–Kier alpha value is -2.62. The Balaban J connectivity index is 1.57. The third-order valence-corrected chi connectivity index (χ3v) is 4.62. The molecule has 0 aromatic heterocycles. The molecule has 1 aliphatic rings. The van der Waals surface area contributed by atoms with E-state index in [0.717, 1.165) is 29.2 Å². The van der Waals surface area contributed by atoms with Crippen molar-refractivity contribution in [2.75, 3.05) is 6.61 Å². The molecule has 0 unspecified atom stereocenters. The first-order chi connectivity index (χ1) is 12.1. The Morgan fingerprint density at radius 2 is 1.96 bits per heavy atom. The number of fused-ring (bicyclic) bond motifs is 1. The summed E-state index contributed by atoms with van der Waals surface area (Å²) in [6.07, 6.45) is 6.46. The summed E-state index contributed by atoms with van der Waals surface area (Å²) in [4.78, 5) is 24.1. The fraction of sp³-hybridized carbons (Fsp3) is 0.333. The number of ether oxygens (including phenoxy) is 1. The first kappa shape index (κ1) is 17.2. The van der Waals surface area contributed by atoms with Gasteiger partial charge in [-0.15, -0.1) is 0 Å². The van der Waals surface area contributed by atoms with Crippen molar-refractivity contribution in [1.29, 1.82) is 0 Å². The summed E-state index contributed by atoms with van der Waals surface area (Å²) in [7, 11) is 0. The standard InChI is InChI=1S/C21H23NO3/c1-15(18-13-7-11-16-8-5-6-12-19(16)18)22-20(23)14-25-21(24)17-9-3-2-4-10-17/h2-3,5-8,11-13,15,17H,4,9-10,14H2,1H3,(H,22,23)/t15-,17-/m1/s1. The second-order valence-electron chi connectivity index (χ2n) is 6.45. The van der Waals surface area contributed by atoms with E-state index in [9.17, 15) is 9.59 Å². The van der Waals surface area contributed by atoms with E-state index in [-0.39, 0.29) is 30.4 Å². The third-order valence-electron chi connectivity index (χ3n) is 4.62. The normalized spacial score (nSPS) is 17.9. The molecule has 0 saturated heterocycles. The van der Waals surface area contributed by atoms with Crippen molar-refractivity contribution >= 4 is 22.6 Å². The molecule has 0 saturated carbocycles. The van der Waals surface area contributed by atoms with Crippen molar-refractivity contribution in [2.24, 2.45) is 5.92 Å². The second kappa shape index (κ2) is 7.97. The Kier molecular flexibility index (Phi) is 5.49. The first-order valence-electron chi connectivity index (χ1n) is 8.74. The number of benzene rings is 2. The van der Waals surface area contributed by atoms with E-state index < -0.39 is 0 Å². The fourth-order valence-corrected chi connectivity index (χ4v) is 3.25. The monoisotopic (exact) mass is 337 g/mol. The highest BCUT2D eigenvalue weighted by Crippen LogP contribution is 2.24. The molecule has 0 aliphatic heterocycles. The second-order valence-corrected chi connectivity index (χ2v) is 6.45. The van der Waals surface area contributed by atoms with E-state index in [2.05, 4.69) is 11.4 Å². The van der Waals surface area contributed by atoms with E-state index in [1.807, 2.05) is 55.5 Å². The van der Waals surface area contributed by atoms with Crippen molar-refractivity contribution in [2.45, 2.75) is 32.2 Å². The molecule has 1 amide bonds. The van der Waals surface area contributed by atoms with Crippen LogP contribution in [0.3, 0.4) is 0 Å². The Morgan fingerprint density at radius 3 is 2.76 bits per heavy atom. The van der Waals surface area contributed by atoms with Gasteiger partial charge in [0.25, 0.3) is 5.91 Å². The van der Waals surface area contributed by atoms with Gasteiger partial charge in [-0.3, -0.25) is 9.59 Å². The molecule has 2 aromatic rings. The van der Waals surface area contributed by atoms with Crippen LogP contribution >= 0.6 is 0 Å². The summed E-state index contributed by atoms with van der Waals surface area (Å²) in [6, 6.07) is 14.0. The summed E-state index contributed by atoms with van der Waals surface area (Å²) in [6.45, 7) is 1.71. The van der Waals surface area contributed by atoms with E-state index in [1.165, 1.54) is 0 Å². The van der Waals surface area contributed by atoms with Crippen LogP contribution in [0, 0.1) is 5.92 Å². The van der Waals surface area contributed by atoms with Crippen LogP contribution in [0.1, 0.15) is 37.8 Å². The van der Waals surface area contributed by atoms with Gasteiger partial charge in [0, 0.05) is 0 Å². The molecular weight excluding hydrogens is 314 g/mol. The molecule has 1 aliphatic carbocycles. The van der Waals surface area contributed by atoms with E-state index >= 15 is 0 Å². The minimum absolute atomic E-state index is 0.117. The quantitative estimate of drug-likeness (QED) is 0.665. The molecular formula is C21H23NO3. The lowest BCUT2D eigenvalue weighted by Gasteiger charge is -2.18. The zero-order valence-corrected chi connectivity index (χ0v) is 14.4. The van der Waals surface area contributed by atoms with Gasteiger partial charge in [0.05, 0.1) is 12.0 Å². The van der Waals surface area contributed by atoms with Crippen LogP contribution in [0.4, 0.5) is 0 Å². The molecule has 4 nitrogen and oxygen atoms in total. The molecule has 0 radical (unpaired) electrons. The summed E-state index contributed by atoms with van der Waals surface area (Å²) in [5.74, 6) is -0.675. The molecule has 0 heterocycles. The van der Waals surface area contributed by atoms with Gasteiger partial charge in [0.2, 0.25) is 0 Å². The number of carbonyl (C=O) groups is 2. The number of amides is 1. The highest BCUT2D eigenvalue weighted by atomic mass is 16.5.